The lowest BCUT2D eigenvalue weighted by Gasteiger charge is -2.28. The van der Waals surface area contributed by atoms with Crippen LogP contribution in [0.4, 0.5) is 0 Å². The minimum atomic E-state index is -0.621. The standard InChI is InChI=1S/C40H50O14/c1-47-33-16-25(17-34(48-2)39(33)51-5)20-53-9-7-8-27(10-23-12-29(41)37(45)30(42)13-23)28(11-24-14-31(43)38(46)32(44)15-24)22-54-21-26-18-35(49-3)40(52-6)36(19-26)50-4/h12-19,27-28,41-46H,7-11,20-22H2,1-6H3/t27-,28+/m1/s1. The van der Waals surface area contributed by atoms with Gasteiger partial charge in [-0.1, -0.05) is 0 Å². The van der Waals surface area contributed by atoms with Crippen molar-refractivity contribution in [3.63, 3.8) is 0 Å². The topological polar surface area (TPSA) is 195 Å². The van der Waals surface area contributed by atoms with Crippen molar-refractivity contribution in [1.82, 2.24) is 0 Å². The van der Waals surface area contributed by atoms with Gasteiger partial charge >= 0.3 is 0 Å². The summed E-state index contributed by atoms with van der Waals surface area (Å²) >= 11 is 0. The van der Waals surface area contributed by atoms with E-state index in [1.165, 1.54) is 52.7 Å². The molecule has 4 aromatic carbocycles. The van der Waals surface area contributed by atoms with Crippen LogP contribution in [0.1, 0.15) is 35.1 Å². The van der Waals surface area contributed by atoms with E-state index in [0.29, 0.717) is 77.9 Å². The maximum absolute atomic E-state index is 10.3. The summed E-state index contributed by atoms with van der Waals surface area (Å²) in [6, 6.07) is 12.8. The molecule has 0 amide bonds. The Hall–Kier alpha value is -5.60. The number of rotatable bonds is 21. The molecule has 0 heterocycles. The van der Waals surface area contributed by atoms with Crippen LogP contribution in [0, 0.1) is 11.8 Å². The maximum Gasteiger partial charge on any atom is 0.203 e. The highest BCUT2D eigenvalue weighted by Crippen LogP contribution is 2.42. The second-order valence-electron chi connectivity index (χ2n) is 12.7. The van der Waals surface area contributed by atoms with Crippen LogP contribution in [0.2, 0.25) is 0 Å². The van der Waals surface area contributed by atoms with Gasteiger partial charge in [-0.05, 0) is 108 Å². The normalized spacial score (nSPS) is 12.2. The zero-order chi connectivity index (χ0) is 39.4. The predicted octanol–water partition coefficient (Wildman–Crippen LogP) is 6.20. The van der Waals surface area contributed by atoms with Crippen molar-refractivity contribution in [2.75, 3.05) is 55.9 Å². The van der Waals surface area contributed by atoms with Crippen LogP contribution in [0.3, 0.4) is 0 Å². The van der Waals surface area contributed by atoms with E-state index in [9.17, 15) is 30.6 Å². The highest BCUT2D eigenvalue weighted by Gasteiger charge is 2.26. The van der Waals surface area contributed by atoms with E-state index in [0.717, 1.165) is 11.1 Å². The van der Waals surface area contributed by atoms with Crippen LogP contribution in [0.15, 0.2) is 48.5 Å². The lowest BCUT2D eigenvalue weighted by Crippen LogP contribution is -2.25. The Kier molecular flexibility index (Phi) is 14.8. The molecule has 54 heavy (non-hydrogen) atoms. The average molecular weight is 755 g/mol. The minimum absolute atomic E-state index is 0.171. The highest BCUT2D eigenvalue weighted by molar-refractivity contribution is 5.55. The fourth-order valence-corrected chi connectivity index (χ4v) is 6.43. The summed E-state index contributed by atoms with van der Waals surface area (Å²) in [5.74, 6) is -0.653. The molecule has 4 aromatic rings. The third-order valence-corrected chi connectivity index (χ3v) is 9.10. The van der Waals surface area contributed by atoms with E-state index in [-0.39, 0.29) is 31.7 Å². The zero-order valence-corrected chi connectivity index (χ0v) is 31.4. The Morgan fingerprint density at radius 2 is 0.815 bits per heavy atom. The monoisotopic (exact) mass is 754 g/mol. The van der Waals surface area contributed by atoms with Gasteiger partial charge in [0, 0.05) is 6.61 Å². The molecular formula is C40H50O14. The van der Waals surface area contributed by atoms with E-state index in [1.54, 1.807) is 26.4 Å². The van der Waals surface area contributed by atoms with E-state index in [1.807, 2.05) is 12.1 Å². The lowest BCUT2D eigenvalue weighted by atomic mass is 9.80. The zero-order valence-electron chi connectivity index (χ0n) is 31.4. The van der Waals surface area contributed by atoms with Crippen LogP contribution in [-0.4, -0.2) is 86.5 Å². The molecule has 0 fully saturated rings. The summed E-state index contributed by atoms with van der Waals surface area (Å²) in [4.78, 5) is 0. The number of hydrogen-bond acceptors (Lipinski definition) is 14. The second kappa shape index (κ2) is 19.5. The van der Waals surface area contributed by atoms with Crippen molar-refractivity contribution in [2.45, 2.75) is 38.9 Å². The number of ether oxygens (including phenoxy) is 8. The summed E-state index contributed by atoms with van der Waals surface area (Å²) in [6.45, 7) is 1.02. The molecule has 0 bridgehead atoms. The largest absolute Gasteiger partial charge is 0.504 e. The fourth-order valence-electron chi connectivity index (χ4n) is 6.43. The molecule has 6 N–H and O–H groups in total. The molecule has 0 saturated carbocycles. The second-order valence-corrected chi connectivity index (χ2v) is 12.7. The molecular weight excluding hydrogens is 704 g/mol. The van der Waals surface area contributed by atoms with Crippen molar-refractivity contribution in [3.05, 3.63) is 70.8 Å². The number of phenols is 6. The maximum atomic E-state index is 10.3. The fraction of sp³-hybridized carbons (Fsp3) is 0.400. The third kappa shape index (κ3) is 10.3. The molecule has 0 spiro atoms. The van der Waals surface area contributed by atoms with E-state index in [4.69, 9.17) is 37.9 Å². The molecule has 2 atom stereocenters. The number of methoxy groups -OCH3 is 6. The quantitative estimate of drug-likeness (QED) is 0.0415. The molecule has 0 aromatic heterocycles. The molecule has 0 aliphatic rings. The van der Waals surface area contributed by atoms with Gasteiger partial charge in [0.05, 0.1) is 62.5 Å². The first-order valence-electron chi connectivity index (χ1n) is 17.2. The Bertz CT molecular complexity index is 1750. The number of phenolic OH excluding ortho intramolecular Hbond substituents is 6. The van der Waals surface area contributed by atoms with Gasteiger partial charge < -0.3 is 68.5 Å². The highest BCUT2D eigenvalue weighted by atomic mass is 16.5. The summed E-state index contributed by atoms with van der Waals surface area (Å²) in [5, 5.41) is 61.3. The Labute approximate surface area is 314 Å². The van der Waals surface area contributed by atoms with Crippen molar-refractivity contribution in [2.24, 2.45) is 11.8 Å². The van der Waals surface area contributed by atoms with Crippen molar-refractivity contribution in [1.29, 1.82) is 0 Å². The van der Waals surface area contributed by atoms with Crippen LogP contribution in [0.25, 0.3) is 0 Å². The predicted molar refractivity (Wildman–Crippen MR) is 198 cm³/mol. The van der Waals surface area contributed by atoms with Crippen molar-refractivity contribution in [3.8, 4) is 69.0 Å². The Morgan fingerprint density at radius 1 is 0.444 bits per heavy atom. The van der Waals surface area contributed by atoms with Crippen LogP contribution >= 0.6 is 0 Å². The van der Waals surface area contributed by atoms with E-state index < -0.39 is 34.5 Å². The molecule has 0 saturated heterocycles. The summed E-state index contributed by atoms with van der Waals surface area (Å²) in [6.07, 6.45) is 1.85. The third-order valence-electron chi connectivity index (χ3n) is 9.10. The first kappa shape index (κ1) is 41.2. The first-order valence-corrected chi connectivity index (χ1v) is 17.2. The van der Waals surface area contributed by atoms with E-state index >= 15 is 0 Å². The molecule has 0 aliphatic heterocycles. The van der Waals surface area contributed by atoms with Gasteiger partial charge in [-0.3, -0.25) is 0 Å². The van der Waals surface area contributed by atoms with Gasteiger partial charge in [0.25, 0.3) is 0 Å². The van der Waals surface area contributed by atoms with Crippen molar-refractivity contribution >= 4 is 0 Å². The molecule has 0 aliphatic carbocycles. The number of hydrogen-bond donors (Lipinski definition) is 6. The van der Waals surface area contributed by atoms with Gasteiger partial charge in [0.15, 0.2) is 57.5 Å². The summed E-state index contributed by atoms with van der Waals surface area (Å²) < 4.78 is 45.2. The van der Waals surface area contributed by atoms with Gasteiger partial charge in [0.1, 0.15) is 0 Å². The number of benzene rings is 4. The smallest absolute Gasteiger partial charge is 0.203 e. The first-order chi connectivity index (χ1) is 26.0. The lowest BCUT2D eigenvalue weighted by molar-refractivity contribution is 0.0578. The van der Waals surface area contributed by atoms with Gasteiger partial charge in [-0.15, -0.1) is 0 Å². The summed E-state index contributed by atoms with van der Waals surface area (Å²) in [7, 11) is 9.19. The average Bonchev–Trinajstić information content (AvgIpc) is 3.16. The van der Waals surface area contributed by atoms with Crippen LogP contribution < -0.4 is 28.4 Å². The van der Waals surface area contributed by atoms with Gasteiger partial charge in [0.2, 0.25) is 11.5 Å². The summed E-state index contributed by atoms with van der Waals surface area (Å²) in [5.41, 5.74) is 2.69. The Morgan fingerprint density at radius 3 is 1.19 bits per heavy atom. The number of aromatic hydroxyl groups is 6. The van der Waals surface area contributed by atoms with Gasteiger partial charge in [-0.25, -0.2) is 0 Å². The van der Waals surface area contributed by atoms with E-state index in [2.05, 4.69) is 0 Å². The van der Waals surface area contributed by atoms with Crippen LogP contribution in [-0.2, 0) is 35.5 Å². The molecule has 294 valence electrons. The van der Waals surface area contributed by atoms with Crippen LogP contribution in [0.5, 0.6) is 69.0 Å². The van der Waals surface area contributed by atoms with Gasteiger partial charge in [-0.2, -0.15) is 0 Å². The molecule has 4 rings (SSSR count). The SMILES string of the molecule is COc1cc(COCCC[C@H](Cc2cc(O)c(O)c(O)c2)[C@H](COCc2cc(OC)c(OC)c(OC)c2)Cc2cc(O)c(O)c(O)c2)cc(OC)c1OC. The minimum Gasteiger partial charge on any atom is -0.504 e. The molecule has 0 radical (unpaired) electrons. The Balaban J connectivity index is 1.59. The molecule has 0 unspecified atom stereocenters. The molecule has 14 nitrogen and oxygen atoms in total. The van der Waals surface area contributed by atoms with Crippen molar-refractivity contribution < 1.29 is 68.5 Å². The molecule has 14 heteroatoms.